The predicted octanol–water partition coefficient (Wildman–Crippen LogP) is 4.53. The van der Waals surface area contributed by atoms with Gasteiger partial charge in [-0.1, -0.05) is 41.4 Å². The van der Waals surface area contributed by atoms with Crippen LogP contribution in [0.15, 0.2) is 16.6 Å². The molecule has 0 unspecified atom stereocenters. The number of hydrogen-bond acceptors (Lipinski definition) is 2. The fourth-order valence-electron chi connectivity index (χ4n) is 2.27. The van der Waals surface area contributed by atoms with E-state index in [9.17, 15) is 0 Å². The Morgan fingerprint density at radius 3 is 2.00 bits per heavy atom. The smallest absolute Gasteiger partial charge is 0.399 e. The van der Waals surface area contributed by atoms with Crippen molar-refractivity contribution in [1.82, 2.24) is 0 Å². The van der Waals surface area contributed by atoms with E-state index in [4.69, 9.17) is 20.9 Å². The van der Waals surface area contributed by atoms with Gasteiger partial charge in [0.1, 0.15) is 0 Å². The van der Waals surface area contributed by atoms with E-state index in [1.807, 2.05) is 39.8 Å². The summed E-state index contributed by atoms with van der Waals surface area (Å²) in [5.41, 5.74) is 1.39. The third-order valence-electron chi connectivity index (χ3n) is 4.20. The van der Waals surface area contributed by atoms with Crippen molar-refractivity contribution in [1.29, 1.82) is 0 Å². The largest absolute Gasteiger partial charge is 0.494 e. The molecule has 2 nitrogen and oxygen atoms in total. The van der Waals surface area contributed by atoms with Crippen LogP contribution in [0.25, 0.3) is 0 Å². The number of hydrogen-bond donors (Lipinski definition) is 0. The molecule has 1 saturated heterocycles. The van der Waals surface area contributed by atoms with Crippen molar-refractivity contribution in [3.63, 3.8) is 0 Å². The Morgan fingerprint density at radius 2 is 1.60 bits per heavy atom. The maximum Gasteiger partial charge on any atom is 0.494 e. The Kier molecular flexibility index (Phi) is 4.34. The van der Waals surface area contributed by atoms with Crippen molar-refractivity contribution in [2.24, 2.45) is 0 Å². The van der Waals surface area contributed by atoms with Gasteiger partial charge in [-0.15, -0.1) is 0 Å². The molecule has 1 heterocycles. The lowest BCUT2D eigenvalue weighted by Crippen LogP contribution is -2.41. The summed E-state index contributed by atoms with van der Waals surface area (Å²) >= 11 is 10.0. The molecule has 0 N–H and O–H groups in total. The average molecular weight is 359 g/mol. The van der Waals surface area contributed by atoms with Gasteiger partial charge >= 0.3 is 7.12 Å². The minimum absolute atomic E-state index is 0.340. The molecule has 0 radical (unpaired) electrons. The van der Waals surface area contributed by atoms with E-state index < -0.39 is 0 Å². The van der Waals surface area contributed by atoms with Crippen molar-refractivity contribution in [3.8, 4) is 0 Å². The Morgan fingerprint density at radius 1 is 1.10 bits per heavy atom. The van der Waals surface area contributed by atoms with Crippen molar-refractivity contribution < 1.29 is 9.31 Å². The summed E-state index contributed by atoms with van der Waals surface area (Å²) in [6.07, 6.45) is 0. The Labute approximate surface area is 135 Å². The van der Waals surface area contributed by atoms with Gasteiger partial charge < -0.3 is 9.31 Å². The van der Waals surface area contributed by atoms with E-state index in [-0.39, 0.29) is 18.3 Å². The highest BCUT2D eigenvalue weighted by atomic mass is 79.9. The van der Waals surface area contributed by atoms with Gasteiger partial charge in [0, 0.05) is 9.50 Å². The van der Waals surface area contributed by atoms with Gasteiger partial charge in [-0.05, 0) is 56.8 Å². The lowest BCUT2D eigenvalue weighted by Gasteiger charge is -2.32. The molecule has 5 heteroatoms. The molecule has 20 heavy (non-hydrogen) atoms. The van der Waals surface area contributed by atoms with E-state index in [1.165, 1.54) is 0 Å². The Balaban J connectivity index is 2.37. The molecule has 0 amide bonds. The summed E-state index contributed by atoms with van der Waals surface area (Å²) in [5, 5.41) is 0.749. The molecule has 2 rings (SSSR count). The monoisotopic (exact) mass is 358 g/mol. The number of halogens is 2. The van der Waals surface area contributed by atoms with E-state index >= 15 is 0 Å². The second-order valence-corrected chi connectivity index (χ2v) is 7.90. The van der Waals surface area contributed by atoms with Gasteiger partial charge in [0.2, 0.25) is 0 Å². The normalized spacial score (nSPS) is 20.8. The second-order valence-electron chi connectivity index (χ2n) is 6.64. The lowest BCUT2D eigenvalue weighted by atomic mass is 9.78. The molecule has 0 aliphatic carbocycles. The molecule has 0 saturated carbocycles. The van der Waals surface area contributed by atoms with E-state index in [2.05, 4.69) is 29.8 Å². The van der Waals surface area contributed by atoms with Gasteiger partial charge in [-0.25, -0.2) is 0 Å². The molecule has 0 bridgehead atoms. The minimum Gasteiger partial charge on any atom is -0.399 e. The highest BCUT2D eigenvalue weighted by Crippen LogP contribution is 2.37. The first kappa shape index (κ1) is 16.3. The highest BCUT2D eigenvalue weighted by molar-refractivity contribution is 9.10. The zero-order valence-corrected chi connectivity index (χ0v) is 15.2. The average Bonchev–Trinajstić information content (AvgIpc) is 2.46. The quantitative estimate of drug-likeness (QED) is 0.723. The van der Waals surface area contributed by atoms with Crippen LogP contribution in [-0.4, -0.2) is 18.3 Å². The summed E-state index contributed by atoms with van der Waals surface area (Å²) in [6, 6.07) is 3.99. The van der Waals surface area contributed by atoms with Crippen LogP contribution in [0.4, 0.5) is 0 Å². The summed E-state index contributed by atoms with van der Waals surface area (Å²) in [7, 11) is -0.380. The number of rotatable bonds is 2. The molecule has 1 aromatic rings. The van der Waals surface area contributed by atoms with Crippen LogP contribution in [0.5, 0.6) is 0 Å². The van der Waals surface area contributed by atoms with E-state index in [0.717, 1.165) is 20.5 Å². The van der Waals surface area contributed by atoms with Crippen LogP contribution in [0, 0.1) is 0 Å². The van der Waals surface area contributed by atoms with Crippen LogP contribution in [0.1, 0.15) is 53.0 Å². The maximum atomic E-state index is 6.41. The predicted molar refractivity (Wildman–Crippen MR) is 89.0 cm³/mol. The molecule has 1 aliphatic rings. The summed E-state index contributed by atoms with van der Waals surface area (Å²) in [5.74, 6) is 0.365. The van der Waals surface area contributed by atoms with Crippen LogP contribution in [-0.2, 0) is 9.31 Å². The molecule has 110 valence electrons. The van der Waals surface area contributed by atoms with Gasteiger partial charge in [-0.3, -0.25) is 0 Å². The zero-order chi connectivity index (χ0) is 15.3. The first-order valence-corrected chi connectivity index (χ1v) is 8.07. The first-order chi connectivity index (χ1) is 9.05. The topological polar surface area (TPSA) is 18.5 Å². The van der Waals surface area contributed by atoms with Crippen molar-refractivity contribution in [2.45, 2.75) is 58.7 Å². The Bertz CT molecular complexity index is 490. The standard InChI is InChI=1S/C15H21BBrClO2/c1-9(2)13-11(17)7-10(8-12(13)18)16-19-14(3,4)15(5,6)20-16/h7-9H,1-6H3. The molecule has 0 atom stereocenters. The summed E-state index contributed by atoms with van der Waals surface area (Å²) in [4.78, 5) is 0. The van der Waals surface area contributed by atoms with Crippen molar-refractivity contribution >= 4 is 40.1 Å². The molecular formula is C15H21BBrClO2. The third-order valence-corrected chi connectivity index (χ3v) is 5.17. The third kappa shape index (κ3) is 2.80. The molecule has 1 fully saturated rings. The number of benzene rings is 1. The van der Waals surface area contributed by atoms with Crippen molar-refractivity contribution in [3.05, 3.63) is 27.2 Å². The minimum atomic E-state index is -0.380. The second kappa shape index (κ2) is 5.31. The van der Waals surface area contributed by atoms with Gasteiger partial charge in [0.15, 0.2) is 0 Å². The summed E-state index contributed by atoms with van der Waals surface area (Å²) < 4.78 is 13.1. The highest BCUT2D eigenvalue weighted by Gasteiger charge is 2.51. The van der Waals surface area contributed by atoms with Gasteiger partial charge in [-0.2, -0.15) is 0 Å². The lowest BCUT2D eigenvalue weighted by molar-refractivity contribution is 0.00578. The molecule has 0 aromatic heterocycles. The van der Waals surface area contributed by atoms with E-state index in [0.29, 0.717) is 5.92 Å². The van der Waals surface area contributed by atoms with Crippen LogP contribution >= 0.6 is 27.5 Å². The van der Waals surface area contributed by atoms with Gasteiger partial charge in [0.05, 0.1) is 11.2 Å². The zero-order valence-electron chi connectivity index (χ0n) is 12.9. The first-order valence-electron chi connectivity index (χ1n) is 6.89. The van der Waals surface area contributed by atoms with Gasteiger partial charge in [0.25, 0.3) is 0 Å². The molecular weight excluding hydrogens is 338 g/mol. The summed E-state index contributed by atoms with van der Waals surface area (Å²) in [6.45, 7) is 12.4. The molecule has 1 aliphatic heterocycles. The maximum absolute atomic E-state index is 6.41. The van der Waals surface area contributed by atoms with Crippen LogP contribution in [0.2, 0.25) is 5.02 Å². The fraction of sp³-hybridized carbons (Fsp3) is 0.600. The van der Waals surface area contributed by atoms with E-state index in [1.54, 1.807) is 0 Å². The molecule has 1 aromatic carbocycles. The van der Waals surface area contributed by atoms with Crippen LogP contribution < -0.4 is 5.46 Å². The SMILES string of the molecule is CC(C)c1c(Cl)cc(B2OC(C)(C)C(C)(C)O2)cc1Br. The van der Waals surface area contributed by atoms with Crippen molar-refractivity contribution in [2.75, 3.05) is 0 Å². The fourth-order valence-corrected chi connectivity index (χ4v) is 3.77. The Hall–Kier alpha value is -0.0251. The van der Waals surface area contributed by atoms with Crippen LogP contribution in [0.3, 0.4) is 0 Å². The molecule has 0 spiro atoms.